The quantitative estimate of drug-likeness (QED) is 0.643. The fourth-order valence-corrected chi connectivity index (χ4v) is 3.73. The van der Waals surface area contributed by atoms with Gasteiger partial charge in [0, 0.05) is 12.6 Å². The molecule has 0 radical (unpaired) electrons. The number of nitrogens with zero attached hydrogens (tertiary/aromatic N) is 1. The van der Waals surface area contributed by atoms with E-state index < -0.39 is 17.6 Å². The van der Waals surface area contributed by atoms with Crippen LogP contribution >= 0.6 is 0 Å². The maximum absolute atomic E-state index is 12.6. The zero-order valence-electron chi connectivity index (χ0n) is 13.0. The highest BCUT2D eigenvalue weighted by molar-refractivity contribution is 6.09. The number of imide groups is 1. The summed E-state index contributed by atoms with van der Waals surface area (Å²) in [5, 5.41) is 8.96. The second-order valence-corrected chi connectivity index (χ2v) is 6.61. The van der Waals surface area contributed by atoms with Crippen LogP contribution in [-0.2, 0) is 9.59 Å². The van der Waals surface area contributed by atoms with Crippen LogP contribution in [0, 0.1) is 0 Å². The first kappa shape index (κ1) is 15.3. The SMILES string of the molecule is CC(C(=O)NCC1CCCN1)N1C(=O)NC2(CCCC2)C1=O. The van der Waals surface area contributed by atoms with Gasteiger partial charge in [0.2, 0.25) is 5.91 Å². The molecular weight excluding hydrogens is 284 g/mol. The van der Waals surface area contributed by atoms with Crippen molar-refractivity contribution in [3.63, 3.8) is 0 Å². The maximum atomic E-state index is 12.6. The summed E-state index contributed by atoms with van der Waals surface area (Å²) in [7, 11) is 0. The van der Waals surface area contributed by atoms with Gasteiger partial charge in [-0.1, -0.05) is 12.8 Å². The van der Waals surface area contributed by atoms with Crippen LogP contribution in [0.1, 0.15) is 45.4 Å². The molecule has 7 heteroatoms. The van der Waals surface area contributed by atoms with Gasteiger partial charge in [0.05, 0.1) is 0 Å². The molecule has 3 rings (SSSR count). The van der Waals surface area contributed by atoms with Gasteiger partial charge in [-0.15, -0.1) is 0 Å². The van der Waals surface area contributed by atoms with E-state index in [9.17, 15) is 14.4 Å². The van der Waals surface area contributed by atoms with E-state index in [1.54, 1.807) is 6.92 Å². The number of rotatable bonds is 4. The normalized spacial score (nSPS) is 28.2. The smallest absolute Gasteiger partial charge is 0.325 e. The van der Waals surface area contributed by atoms with E-state index in [0.29, 0.717) is 25.4 Å². The highest BCUT2D eigenvalue weighted by atomic mass is 16.2. The molecular formula is C15H24N4O3. The predicted molar refractivity (Wildman–Crippen MR) is 80.1 cm³/mol. The average Bonchev–Trinajstić information content (AvgIpc) is 3.20. The van der Waals surface area contributed by atoms with Crippen LogP contribution in [0.3, 0.4) is 0 Å². The lowest BCUT2D eigenvalue weighted by Gasteiger charge is -2.24. The number of urea groups is 1. The van der Waals surface area contributed by atoms with Gasteiger partial charge in [-0.05, 0) is 39.2 Å². The van der Waals surface area contributed by atoms with Crippen molar-refractivity contribution in [2.45, 2.75) is 63.1 Å². The van der Waals surface area contributed by atoms with E-state index >= 15 is 0 Å². The Kier molecular flexibility index (Phi) is 4.08. The molecule has 2 saturated heterocycles. The highest BCUT2D eigenvalue weighted by Gasteiger charge is 2.54. The second-order valence-electron chi connectivity index (χ2n) is 6.61. The Balaban J connectivity index is 1.61. The summed E-state index contributed by atoms with van der Waals surface area (Å²) >= 11 is 0. The van der Waals surface area contributed by atoms with Gasteiger partial charge < -0.3 is 16.0 Å². The molecule has 2 heterocycles. The molecule has 3 fully saturated rings. The molecule has 1 spiro atoms. The van der Waals surface area contributed by atoms with E-state index in [1.165, 1.54) is 0 Å². The zero-order chi connectivity index (χ0) is 15.7. The van der Waals surface area contributed by atoms with E-state index in [4.69, 9.17) is 0 Å². The van der Waals surface area contributed by atoms with Crippen molar-refractivity contribution in [3.05, 3.63) is 0 Å². The van der Waals surface area contributed by atoms with Crippen molar-refractivity contribution >= 4 is 17.8 Å². The molecule has 0 bridgehead atoms. The molecule has 2 atom stereocenters. The first-order valence-electron chi connectivity index (χ1n) is 8.20. The van der Waals surface area contributed by atoms with Crippen molar-refractivity contribution in [1.82, 2.24) is 20.9 Å². The van der Waals surface area contributed by atoms with Crippen molar-refractivity contribution in [2.75, 3.05) is 13.1 Å². The summed E-state index contributed by atoms with van der Waals surface area (Å²) in [6.07, 6.45) is 5.39. The number of amides is 4. The molecule has 2 aliphatic heterocycles. The molecule has 1 aliphatic carbocycles. The van der Waals surface area contributed by atoms with Crippen LogP contribution in [0.25, 0.3) is 0 Å². The van der Waals surface area contributed by atoms with Crippen molar-refractivity contribution in [3.8, 4) is 0 Å². The Morgan fingerprint density at radius 3 is 2.73 bits per heavy atom. The topological polar surface area (TPSA) is 90.5 Å². The van der Waals surface area contributed by atoms with Crippen LogP contribution < -0.4 is 16.0 Å². The Hall–Kier alpha value is -1.63. The van der Waals surface area contributed by atoms with E-state index in [1.807, 2.05) is 0 Å². The Labute approximate surface area is 130 Å². The third-order valence-electron chi connectivity index (χ3n) is 5.10. The largest absolute Gasteiger partial charge is 0.353 e. The highest BCUT2D eigenvalue weighted by Crippen LogP contribution is 2.35. The summed E-state index contributed by atoms with van der Waals surface area (Å²) in [5.41, 5.74) is -0.751. The molecule has 1 saturated carbocycles. The number of carbonyl (C=O) groups excluding carboxylic acids is 3. The molecule has 122 valence electrons. The molecule has 2 unspecified atom stereocenters. The lowest BCUT2D eigenvalue weighted by Crippen LogP contribution is -2.51. The first-order chi connectivity index (χ1) is 10.5. The third-order valence-corrected chi connectivity index (χ3v) is 5.10. The predicted octanol–water partition coefficient (Wildman–Crippen LogP) is 0.108. The molecule has 0 aromatic carbocycles. The summed E-state index contributed by atoms with van der Waals surface area (Å²) in [4.78, 5) is 38.1. The monoisotopic (exact) mass is 308 g/mol. The van der Waals surface area contributed by atoms with Gasteiger partial charge in [0.1, 0.15) is 11.6 Å². The molecule has 22 heavy (non-hydrogen) atoms. The summed E-state index contributed by atoms with van der Waals surface area (Å²) in [5.74, 6) is -0.510. The van der Waals surface area contributed by atoms with Gasteiger partial charge in [-0.25, -0.2) is 9.69 Å². The van der Waals surface area contributed by atoms with Crippen molar-refractivity contribution in [1.29, 1.82) is 0 Å². The van der Waals surface area contributed by atoms with Gasteiger partial charge in [-0.3, -0.25) is 9.59 Å². The Bertz CT molecular complexity index is 481. The summed E-state index contributed by atoms with van der Waals surface area (Å²) < 4.78 is 0. The summed E-state index contributed by atoms with van der Waals surface area (Å²) in [6, 6.07) is -0.914. The maximum Gasteiger partial charge on any atom is 0.325 e. The molecule has 4 amide bonds. The number of carbonyl (C=O) groups is 3. The van der Waals surface area contributed by atoms with E-state index in [2.05, 4.69) is 16.0 Å². The van der Waals surface area contributed by atoms with Gasteiger partial charge in [0.25, 0.3) is 5.91 Å². The first-order valence-corrected chi connectivity index (χ1v) is 8.20. The summed E-state index contributed by atoms with van der Waals surface area (Å²) in [6.45, 7) is 3.13. The van der Waals surface area contributed by atoms with Crippen LogP contribution in [0.4, 0.5) is 4.79 Å². The van der Waals surface area contributed by atoms with Crippen LogP contribution in [-0.4, -0.2) is 53.5 Å². The van der Waals surface area contributed by atoms with Gasteiger partial charge in [-0.2, -0.15) is 0 Å². The van der Waals surface area contributed by atoms with E-state index in [0.717, 1.165) is 37.1 Å². The van der Waals surface area contributed by atoms with Crippen molar-refractivity contribution < 1.29 is 14.4 Å². The lowest BCUT2D eigenvalue weighted by atomic mass is 9.97. The Morgan fingerprint density at radius 1 is 1.36 bits per heavy atom. The third kappa shape index (κ3) is 2.58. The number of hydrogen-bond acceptors (Lipinski definition) is 4. The second kappa shape index (κ2) is 5.87. The fourth-order valence-electron chi connectivity index (χ4n) is 3.73. The minimum absolute atomic E-state index is 0.239. The standard InChI is InChI=1S/C15H24N4O3/c1-10(12(20)17-9-11-5-4-8-16-11)19-13(21)15(18-14(19)22)6-2-3-7-15/h10-11,16H,2-9H2,1H3,(H,17,20)(H,18,22). The molecule has 0 aromatic heterocycles. The molecule has 0 aromatic rings. The van der Waals surface area contributed by atoms with Gasteiger partial charge >= 0.3 is 6.03 Å². The van der Waals surface area contributed by atoms with E-state index in [-0.39, 0.29) is 11.8 Å². The lowest BCUT2D eigenvalue weighted by molar-refractivity contribution is -0.137. The number of nitrogens with one attached hydrogen (secondary N) is 3. The van der Waals surface area contributed by atoms with Crippen LogP contribution in [0.2, 0.25) is 0 Å². The minimum atomic E-state index is -0.770. The zero-order valence-corrected chi connectivity index (χ0v) is 13.0. The molecule has 3 N–H and O–H groups in total. The van der Waals surface area contributed by atoms with Crippen molar-refractivity contribution in [2.24, 2.45) is 0 Å². The van der Waals surface area contributed by atoms with Crippen LogP contribution in [0.5, 0.6) is 0 Å². The van der Waals surface area contributed by atoms with Gasteiger partial charge in [0.15, 0.2) is 0 Å². The Morgan fingerprint density at radius 2 is 2.09 bits per heavy atom. The van der Waals surface area contributed by atoms with Crippen LogP contribution in [0.15, 0.2) is 0 Å². The minimum Gasteiger partial charge on any atom is -0.353 e. The number of hydrogen-bond donors (Lipinski definition) is 3. The molecule has 3 aliphatic rings. The fraction of sp³-hybridized carbons (Fsp3) is 0.800. The molecule has 7 nitrogen and oxygen atoms in total. The average molecular weight is 308 g/mol.